The number of nitrogens with zero attached hydrogens (tertiary/aromatic N) is 3. The summed E-state index contributed by atoms with van der Waals surface area (Å²) in [5.41, 5.74) is 1.20. The van der Waals surface area contributed by atoms with E-state index in [9.17, 15) is 25.0 Å². The number of nitrogens with one attached hydrogen (secondary N) is 1. The predicted octanol–water partition coefficient (Wildman–Crippen LogP) is 3.77. The first kappa shape index (κ1) is 19.5. The van der Waals surface area contributed by atoms with Crippen LogP contribution in [0.2, 0.25) is 0 Å². The van der Waals surface area contributed by atoms with Crippen LogP contribution in [0.3, 0.4) is 0 Å². The third-order valence-electron chi connectivity index (χ3n) is 3.79. The molecule has 0 radical (unpaired) electrons. The van der Waals surface area contributed by atoms with E-state index >= 15 is 0 Å². The van der Waals surface area contributed by atoms with E-state index in [1.165, 1.54) is 29.2 Å². The monoisotopic (exact) mass is 416 g/mol. The summed E-state index contributed by atoms with van der Waals surface area (Å²) >= 11 is 6.38. The average molecular weight is 416 g/mol. The van der Waals surface area contributed by atoms with Crippen LogP contribution in [0.15, 0.2) is 53.4 Å². The lowest BCUT2D eigenvalue weighted by atomic mass is 10.2. The summed E-state index contributed by atoms with van der Waals surface area (Å²) in [7, 11) is 0. The van der Waals surface area contributed by atoms with E-state index in [2.05, 4.69) is 5.32 Å². The zero-order valence-electron chi connectivity index (χ0n) is 14.1. The van der Waals surface area contributed by atoms with Gasteiger partial charge in [-0.25, -0.2) is 0 Å². The fourth-order valence-corrected chi connectivity index (χ4v) is 3.61. The normalized spacial score (nSPS) is 15.1. The van der Waals surface area contributed by atoms with Crippen molar-refractivity contribution in [3.8, 4) is 0 Å². The highest BCUT2D eigenvalue weighted by atomic mass is 32.2. The van der Waals surface area contributed by atoms with Crippen LogP contribution < -0.4 is 5.32 Å². The first-order chi connectivity index (χ1) is 13.3. The van der Waals surface area contributed by atoms with Crippen molar-refractivity contribution < 1.29 is 14.6 Å². The SMILES string of the molecule is O=C1C(=Cc2ccc([N+](=O)[O-])cc2)SC(=S)N1CNc1ccc([N+](=O)[O-])cc1. The molecule has 0 saturated carbocycles. The Balaban J connectivity index is 1.67. The molecule has 0 aromatic heterocycles. The van der Waals surface area contributed by atoms with E-state index in [4.69, 9.17) is 12.2 Å². The van der Waals surface area contributed by atoms with E-state index in [0.717, 1.165) is 11.8 Å². The molecule has 0 bridgehead atoms. The minimum Gasteiger partial charge on any atom is -0.367 e. The quantitative estimate of drug-likeness (QED) is 0.327. The minimum absolute atomic E-state index is 0.0257. The third kappa shape index (κ3) is 4.32. The van der Waals surface area contributed by atoms with Crippen molar-refractivity contribution >= 4 is 57.3 Å². The summed E-state index contributed by atoms with van der Waals surface area (Å²) in [6, 6.07) is 11.7. The zero-order chi connectivity index (χ0) is 20.3. The Kier molecular flexibility index (Phi) is 5.66. The highest BCUT2D eigenvalue weighted by molar-refractivity contribution is 8.26. The van der Waals surface area contributed by atoms with Crippen LogP contribution in [0.1, 0.15) is 5.56 Å². The van der Waals surface area contributed by atoms with Crippen molar-refractivity contribution in [3.05, 3.63) is 79.2 Å². The molecule has 1 heterocycles. The number of thioether (sulfide) groups is 1. The second-order valence-electron chi connectivity index (χ2n) is 5.60. The Labute approximate surface area is 168 Å². The van der Waals surface area contributed by atoms with Crippen molar-refractivity contribution in [2.75, 3.05) is 12.0 Å². The van der Waals surface area contributed by atoms with Gasteiger partial charge in [0, 0.05) is 30.0 Å². The van der Waals surface area contributed by atoms with Gasteiger partial charge >= 0.3 is 0 Å². The highest BCUT2D eigenvalue weighted by Gasteiger charge is 2.31. The maximum absolute atomic E-state index is 12.6. The Morgan fingerprint density at radius 3 is 2.07 bits per heavy atom. The number of benzene rings is 2. The first-order valence-corrected chi connectivity index (χ1v) is 9.06. The summed E-state index contributed by atoms with van der Waals surface area (Å²) < 4.78 is 0.368. The van der Waals surface area contributed by atoms with Gasteiger partial charge in [-0.15, -0.1) is 0 Å². The largest absolute Gasteiger partial charge is 0.367 e. The Hall–Kier alpha value is -3.31. The number of carbonyl (C=O) groups is 1. The smallest absolute Gasteiger partial charge is 0.269 e. The lowest BCUT2D eigenvalue weighted by molar-refractivity contribution is -0.385. The van der Waals surface area contributed by atoms with Gasteiger partial charge in [0.15, 0.2) is 0 Å². The van der Waals surface area contributed by atoms with Gasteiger partial charge in [0.1, 0.15) is 4.32 Å². The number of non-ortho nitro benzene ring substituents is 2. The fourth-order valence-electron chi connectivity index (χ4n) is 2.35. The van der Waals surface area contributed by atoms with Gasteiger partial charge < -0.3 is 5.32 Å². The molecule has 2 aromatic carbocycles. The molecule has 1 amide bonds. The molecule has 0 aliphatic carbocycles. The highest BCUT2D eigenvalue weighted by Crippen LogP contribution is 2.32. The molecular weight excluding hydrogens is 404 g/mol. The van der Waals surface area contributed by atoms with Gasteiger partial charge in [0.25, 0.3) is 17.3 Å². The average Bonchev–Trinajstić information content (AvgIpc) is 2.94. The van der Waals surface area contributed by atoms with Crippen molar-refractivity contribution in [2.24, 2.45) is 0 Å². The van der Waals surface area contributed by atoms with E-state index in [-0.39, 0.29) is 24.0 Å². The Morgan fingerprint density at radius 1 is 1.00 bits per heavy atom. The van der Waals surface area contributed by atoms with Crippen LogP contribution in [-0.2, 0) is 4.79 Å². The molecular formula is C17H12N4O5S2. The van der Waals surface area contributed by atoms with Crippen molar-refractivity contribution in [3.63, 3.8) is 0 Å². The number of thiocarbonyl (C=S) groups is 1. The second kappa shape index (κ2) is 8.15. The van der Waals surface area contributed by atoms with Gasteiger partial charge in [0.2, 0.25) is 0 Å². The lowest BCUT2D eigenvalue weighted by Crippen LogP contribution is -2.33. The van der Waals surface area contributed by atoms with E-state index in [1.54, 1.807) is 30.3 Å². The van der Waals surface area contributed by atoms with Gasteiger partial charge in [0.05, 0.1) is 21.4 Å². The van der Waals surface area contributed by atoms with Gasteiger partial charge in [-0.05, 0) is 35.9 Å². The van der Waals surface area contributed by atoms with Crippen molar-refractivity contribution in [1.82, 2.24) is 4.90 Å². The maximum atomic E-state index is 12.6. The summed E-state index contributed by atoms with van der Waals surface area (Å²) in [6.07, 6.45) is 1.62. The van der Waals surface area contributed by atoms with Crippen LogP contribution in [0.5, 0.6) is 0 Å². The lowest BCUT2D eigenvalue weighted by Gasteiger charge is -2.16. The molecule has 1 aliphatic heterocycles. The Morgan fingerprint density at radius 2 is 1.54 bits per heavy atom. The third-order valence-corrected chi connectivity index (χ3v) is 5.17. The predicted molar refractivity (Wildman–Crippen MR) is 110 cm³/mol. The molecule has 1 fully saturated rings. The number of carbonyl (C=O) groups excluding carboxylic acids is 1. The second-order valence-corrected chi connectivity index (χ2v) is 7.27. The molecule has 1 aliphatic rings. The van der Waals surface area contributed by atoms with E-state index in [1.807, 2.05) is 0 Å². The molecule has 1 N–H and O–H groups in total. The number of amides is 1. The first-order valence-electron chi connectivity index (χ1n) is 7.83. The van der Waals surface area contributed by atoms with Gasteiger partial charge in [-0.1, -0.05) is 24.0 Å². The number of nitro groups is 2. The number of hydrogen-bond donors (Lipinski definition) is 1. The molecule has 0 spiro atoms. The fraction of sp³-hybridized carbons (Fsp3) is 0.0588. The molecule has 0 atom stereocenters. The van der Waals surface area contributed by atoms with Crippen molar-refractivity contribution in [1.29, 1.82) is 0 Å². The molecule has 142 valence electrons. The van der Waals surface area contributed by atoms with Crippen LogP contribution in [0, 0.1) is 20.2 Å². The van der Waals surface area contributed by atoms with Crippen molar-refractivity contribution in [2.45, 2.75) is 0 Å². The van der Waals surface area contributed by atoms with Gasteiger partial charge in [-0.2, -0.15) is 0 Å². The van der Waals surface area contributed by atoms with Crippen LogP contribution in [-0.4, -0.2) is 31.6 Å². The zero-order valence-corrected chi connectivity index (χ0v) is 15.7. The number of rotatable bonds is 6. The van der Waals surface area contributed by atoms with E-state index in [0.29, 0.717) is 20.5 Å². The topological polar surface area (TPSA) is 119 Å². The molecule has 1 saturated heterocycles. The maximum Gasteiger partial charge on any atom is 0.269 e. The molecule has 11 heteroatoms. The molecule has 2 aromatic rings. The van der Waals surface area contributed by atoms with Crippen LogP contribution in [0.25, 0.3) is 6.08 Å². The minimum atomic E-state index is -0.493. The van der Waals surface area contributed by atoms with Crippen LogP contribution in [0.4, 0.5) is 17.1 Å². The number of nitro benzene ring substituents is 2. The Bertz CT molecular complexity index is 990. The molecule has 3 rings (SSSR count). The number of anilines is 1. The molecule has 0 unspecified atom stereocenters. The van der Waals surface area contributed by atoms with E-state index < -0.39 is 9.85 Å². The molecule has 9 nitrogen and oxygen atoms in total. The van der Waals surface area contributed by atoms with Crippen LogP contribution >= 0.6 is 24.0 Å². The summed E-state index contributed by atoms with van der Waals surface area (Å²) in [6.45, 7) is 0.111. The standard InChI is InChI=1S/C17H12N4O5S2/c22-16-15(9-11-1-5-13(6-2-11)20(23)24)28-17(27)19(16)10-18-12-3-7-14(8-4-12)21(25)26/h1-9,18H,10H2. The summed E-state index contributed by atoms with van der Waals surface area (Å²) in [4.78, 5) is 34.7. The molecule has 28 heavy (non-hydrogen) atoms. The summed E-state index contributed by atoms with van der Waals surface area (Å²) in [5, 5.41) is 24.4. The number of hydrogen-bond acceptors (Lipinski definition) is 8. The summed E-state index contributed by atoms with van der Waals surface area (Å²) in [5.74, 6) is -0.289. The van der Waals surface area contributed by atoms with Gasteiger partial charge in [-0.3, -0.25) is 29.9 Å².